The van der Waals surface area contributed by atoms with Gasteiger partial charge in [-0.05, 0) is 26.0 Å². The number of hydrogen-bond donors (Lipinski definition) is 2. The van der Waals surface area contributed by atoms with Gasteiger partial charge in [0.2, 0.25) is 0 Å². The van der Waals surface area contributed by atoms with E-state index in [-0.39, 0.29) is 26.4 Å². The van der Waals surface area contributed by atoms with Crippen molar-refractivity contribution in [3.8, 4) is 0 Å². The Labute approximate surface area is 94.4 Å². The monoisotopic (exact) mass is 237 g/mol. The molecule has 0 saturated heterocycles. The van der Waals surface area contributed by atoms with Gasteiger partial charge in [-0.3, -0.25) is 0 Å². The molecule has 16 heavy (non-hydrogen) atoms. The Morgan fingerprint density at radius 2 is 1.56 bits per heavy atom. The van der Waals surface area contributed by atoms with Gasteiger partial charge in [-0.2, -0.15) is 0 Å². The molecule has 0 unspecified atom stereocenters. The van der Waals surface area contributed by atoms with Crippen molar-refractivity contribution in [1.29, 1.82) is 0 Å². The van der Waals surface area contributed by atoms with Crippen LogP contribution in [0.1, 0.15) is 20.8 Å². The molecule has 0 heterocycles. The molecule has 2 N–H and O–H groups in total. The van der Waals surface area contributed by atoms with Gasteiger partial charge >= 0.3 is 6.09 Å². The van der Waals surface area contributed by atoms with Crippen LogP contribution in [0.5, 0.6) is 0 Å². The highest BCUT2D eigenvalue weighted by Crippen LogP contribution is 2.10. The SMILES string of the molecule is CC(C)(C)OC(=O)N(OCCO)OCCO. The average Bonchev–Trinajstić information content (AvgIpc) is 2.15. The molecule has 7 nitrogen and oxygen atoms in total. The largest absolute Gasteiger partial charge is 0.460 e. The molecule has 7 heteroatoms. The predicted octanol–water partition coefficient (Wildman–Crippen LogP) is 0.0713. The van der Waals surface area contributed by atoms with Gasteiger partial charge < -0.3 is 14.9 Å². The summed E-state index contributed by atoms with van der Waals surface area (Å²) in [4.78, 5) is 21.0. The van der Waals surface area contributed by atoms with E-state index in [9.17, 15) is 4.79 Å². The van der Waals surface area contributed by atoms with Crippen LogP contribution in [0.15, 0.2) is 0 Å². The minimum Gasteiger partial charge on any atom is -0.441 e. The lowest BCUT2D eigenvalue weighted by Crippen LogP contribution is -2.38. The number of hydrogen-bond acceptors (Lipinski definition) is 6. The van der Waals surface area contributed by atoms with E-state index in [1.807, 2.05) is 0 Å². The summed E-state index contributed by atoms with van der Waals surface area (Å²) in [5, 5.41) is 17.6. The maximum atomic E-state index is 11.5. The van der Waals surface area contributed by atoms with Gasteiger partial charge in [0.15, 0.2) is 0 Å². The van der Waals surface area contributed by atoms with Crippen molar-refractivity contribution >= 4 is 6.09 Å². The summed E-state index contributed by atoms with van der Waals surface area (Å²) in [5.74, 6) is 0. The van der Waals surface area contributed by atoms with Crippen molar-refractivity contribution in [3.05, 3.63) is 0 Å². The third-order valence-electron chi connectivity index (χ3n) is 1.14. The summed E-state index contributed by atoms with van der Waals surface area (Å²) in [5.41, 5.74) is -0.680. The average molecular weight is 237 g/mol. The minimum atomic E-state index is -0.839. The standard InChI is InChI=1S/C9H19NO6/c1-9(2,3)16-8(13)10(14-6-4-11)15-7-5-12/h11-12H,4-7H2,1-3H3. The first-order chi connectivity index (χ1) is 7.40. The molecule has 0 radical (unpaired) electrons. The van der Waals surface area contributed by atoms with Gasteiger partial charge in [0.25, 0.3) is 0 Å². The number of aliphatic hydroxyl groups is 2. The molecule has 0 aromatic carbocycles. The van der Waals surface area contributed by atoms with Gasteiger partial charge in [0, 0.05) is 0 Å². The normalized spacial score (nSPS) is 11.3. The second-order valence-corrected chi connectivity index (χ2v) is 3.85. The molecular weight excluding hydrogens is 218 g/mol. The molecule has 0 spiro atoms. The van der Waals surface area contributed by atoms with Crippen LogP contribution in [0.25, 0.3) is 0 Å². The van der Waals surface area contributed by atoms with Crippen molar-refractivity contribution in [2.75, 3.05) is 26.4 Å². The third-order valence-corrected chi connectivity index (χ3v) is 1.14. The van der Waals surface area contributed by atoms with Gasteiger partial charge in [-0.15, -0.1) is 0 Å². The van der Waals surface area contributed by atoms with E-state index in [0.717, 1.165) is 0 Å². The van der Waals surface area contributed by atoms with Crippen LogP contribution in [0.3, 0.4) is 0 Å². The molecule has 0 aliphatic rings. The Morgan fingerprint density at radius 3 is 1.88 bits per heavy atom. The number of nitrogens with zero attached hydrogens (tertiary/aromatic N) is 1. The zero-order valence-electron chi connectivity index (χ0n) is 9.80. The van der Waals surface area contributed by atoms with Crippen LogP contribution < -0.4 is 0 Å². The molecule has 0 fully saturated rings. The molecule has 0 aromatic rings. The fourth-order valence-electron chi connectivity index (χ4n) is 0.689. The molecule has 0 aromatic heterocycles. The molecular formula is C9H19NO6. The van der Waals surface area contributed by atoms with Crippen LogP contribution >= 0.6 is 0 Å². The summed E-state index contributed by atoms with van der Waals surface area (Å²) in [6.45, 7) is 4.35. The molecule has 0 aliphatic heterocycles. The molecule has 96 valence electrons. The quantitative estimate of drug-likeness (QED) is 0.636. The first-order valence-corrected chi connectivity index (χ1v) is 4.91. The number of rotatable bonds is 6. The second-order valence-electron chi connectivity index (χ2n) is 3.85. The number of carbonyl (C=O) groups excluding carboxylic acids is 1. The van der Waals surface area contributed by atoms with Crippen LogP contribution in [-0.4, -0.2) is 53.6 Å². The third kappa shape index (κ3) is 7.41. The number of hydroxylamine groups is 2. The highest BCUT2D eigenvalue weighted by atomic mass is 17.0. The number of ether oxygens (including phenoxy) is 1. The van der Waals surface area contributed by atoms with Crippen molar-refractivity contribution in [2.24, 2.45) is 0 Å². The highest BCUT2D eigenvalue weighted by Gasteiger charge is 2.23. The second kappa shape index (κ2) is 7.39. The zero-order valence-corrected chi connectivity index (χ0v) is 9.80. The van der Waals surface area contributed by atoms with E-state index in [1.54, 1.807) is 20.8 Å². The molecule has 1 amide bonds. The van der Waals surface area contributed by atoms with Gasteiger partial charge in [0.1, 0.15) is 18.8 Å². The van der Waals surface area contributed by atoms with Gasteiger partial charge in [0.05, 0.1) is 13.2 Å². The van der Waals surface area contributed by atoms with Gasteiger partial charge in [-0.1, -0.05) is 0 Å². The fraction of sp³-hybridized carbons (Fsp3) is 0.889. The maximum Gasteiger partial charge on any atom is 0.460 e. The van der Waals surface area contributed by atoms with E-state index in [0.29, 0.717) is 5.23 Å². The lowest BCUT2D eigenvalue weighted by atomic mass is 10.2. The Balaban J connectivity index is 4.19. The van der Waals surface area contributed by atoms with Crippen LogP contribution in [-0.2, 0) is 14.4 Å². The fourth-order valence-corrected chi connectivity index (χ4v) is 0.689. The van der Waals surface area contributed by atoms with Gasteiger partial charge in [-0.25, -0.2) is 14.5 Å². The molecule has 0 rings (SSSR count). The molecule has 0 atom stereocenters. The van der Waals surface area contributed by atoms with Crippen LogP contribution in [0.4, 0.5) is 4.79 Å². The van der Waals surface area contributed by atoms with E-state index < -0.39 is 11.7 Å². The van der Waals surface area contributed by atoms with Crippen molar-refractivity contribution in [1.82, 2.24) is 5.23 Å². The molecule has 0 bridgehead atoms. The number of aliphatic hydroxyl groups excluding tert-OH is 2. The minimum absolute atomic E-state index is 0.106. The number of amides is 1. The summed E-state index contributed by atoms with van der Waals surface area (Å²) in [6, 6.07) is 0. The Kier molecular flexibility index (Phi) is 6.98. The molecule has 0 aliphatic carbocycles. The highest BCUT2D eigenvalue weighted by molar-refractivity contribution is 5.65. The Bertz CT molecular complexity index is 195. The first kappa shape index (κ1) is 15.1. The smallest absolute Gasteiger partial charge is 0.441 e. The summed E-state index contributed by atoms with van der Waals surface area (Å²) in [7, 11) is 0. The first-order valence-electron chi connectivity index (χ1n) is 4.91. The van der Waals surface area contributed by atoms with E-state index >= 15 is 0 Å². The summed E-state index contributed by atoms with van der Waals surface area (Å²) < 4.78 is 4.97. The van der Waals surface area contributed by atoms with Crippen molar-refractivity contribution < 1.29 is 29.4 Å². The van der Waals surface area contributed by atoms with Crippen LogP contribution in [0.2, 0.25) is 0 Å². The zero-order chi connectivity index (χ0) is 12.6. The predicted molar refractivity (Wildman–Crippen MR) is 54.1 cm³/mol. The van der Waals surface area contributed by atoms with E-state index in [2.05, 4.69) is 0 Å². The Morgan fingerprint density at radius 1 is 1.12 bits per heavy atom. The van der Waals surface area contributed by atoms with E-state index in [1.165, 1.54) is 0 Å². The summed E-state index contributed by atoms with van der Waals surface area (Å²) >= 11 is 0. The lowest BCUT2D eigenvalue weighted by molar-refractivity contribution is -0.342. The van der Waals surface area contributed by atoms with Crippen LogP contribution in [0, 0.1) is 0 Å². The summed E-state index contributed by atoms with van der Waals surface area (Å²) in [6.07, 6.45) is -0.839. The van der Waals surface area contributed by atoms with E-state index in [4.69, 9.17) is 24.6 Å². The van der Waals surface area contributed by atoms with Crippen molar-refractivity contribution in [2.45, 2.75) is 26.4 Å². The topological polar surface area (TPSA) is 88.5 Å². The maximum absolute atomic E-state index is 11.5. The molecule has 0 saturated carbocycles. The Hall–Kier alpha value is -0.890. The lowest BCUT2D eigenvalue weighted by Gasteiger charge is -2.25. The number of carbonyl (C=O) groups is 1. The van der Waals surface area contributed by atoms with Crippen molar-refractivity contribution in [3.63, 3.8) is 0 Å².